The second kappa shape index (κ2) is 6.98. The summed E-state index contributed by atoms with van der Waals surface area (Å²) in [5.74, 6) is -0.168. The van der Waals surface area contributed by atoms with Crippen LogP contribution in [0.1, 0.15) is 34.6 Å². The highest BCUT2D eigenvalue weighted by atomic mass is 35.5. The van der Waals surface area contributed by atoms with Gasteiger partial charge in [0.05, 0.1) is 0 Å². The van der Waals surface area contributed by atoms with Crippen LogP contribution in [-0.2, 0) is 9.53 Å². The minimum absolute atomic E-state index is 0.0356. The summed E-state index contributed by atoms with van der Waals surface area (Å²) in [5.41, 5.74) is -0.771. The topological polar surface area (TPSA) is 58.6 Å². The summed E-state index contributed by atoms with van der Waals surface area (Å²) in [7, 11) is 1.69. The predicted octanol–water partition coefficient (Wildman–Crippen LogP) is 2.23. The third-order valence-corrected chi connectivity index (χ3v) is 2.54. The number of rotatable bonds is 5. The third kappa shape index (κ3) is 8.70. The molecule has 0 unspecified atom stereocenters. The van der Waals surface area contributed by atoms with Crippen molar-refractivity contribution in [2.24, 2.45) is 5.41 Å². The molecule has 0 saturated heterocycles. The molecule has 0 aliphatic carbocycles. The molecule has 6 heteroatoms. The van der Waals surface area contributed by atoms with Crippen LogP contribution in [0, 0.1) is 5.41 Å². The van der Waals surface area contributed by atoms with E-state index in [1.165, 1.54) is 0 Å². The Morgan fingerprint density at radius 1 is 1.21 bits per heavy atom. The van der Waals surface area contributed by atoms with Gasteiger partial charge in [-0.2, -0.15) is 0 Å². The van der Waals surface area contributed by atoms with Crippen LogP contribution in [0.4, 0.5) is 4.79 Å². The molecule has 2 amide bonds. The number of halogens is 1. The first kappa shape index (κ1) is 18.0. The molecule has 0 fully saturated rings. The summed E-state index contributed by atoms with van der Waals surface area (Å²) >= 11 is 5.49. The second-order valence-electron chi connectivity index (χ2n) is 6.40. The van der Waals surface area contributed by atoms with Crippen LogP contribution >= 0.6 is 11.6 Å². The summed E-state index contributed by atoms with van der Waals surface area (Å²) in [4.78, 5) is 24.5. The molecule has 5 nitrogen and oxygen atoms in total. The summed E-state index contributed by atoms with van der Waals surface area (Å²) in [5, 5.41) is 2.71. The van der Waals surface area contributed by atoms with Crippen molar-refractivity contribution < 1.29 is 14.3 Å². The van der Waals surface area contributed by atoms with E-state index in [0.717, 1.165) is 0 Å². The Morgan fingerprint density at radius 2 is 1.74 bits per heavy atom. The number of nitrogens with one attached hydrogen (secondary N) is 1. The van der Waals surface area contributed by atoms with Crippen LogP contribution in [0.3, 0.4) is 0 Å². The normalized spacial score (nSPS) is 11.9. The van der Waals surface area contributed by atoms with Gasteiger partial charge in [-0.3, -0.25) is 4.79 Å². The van der Waals surface area contributed by atoms with Crippen molar-refractivity contribution >= 4 is 23.6 Å². The SMILES string of the molecule is CN(CC(C)(C)CNC(=O)OC(C)(C)C)C(=O)CCl. The van der Waals surface area contributed by atoms with Crippen molar-refractivity contribution in [3.05, 3.63) is 0 Å². The highest BCUT2D eigenvalue weighted by molar-refractivity contribution is 6.27. The lowest BCUT2D eigenvalue weighted by Gasteiger charge is -2.30. The predicted molar refractivity (Wildman–Crippen MR) is 76.4 cm³/mol. The highest BCUT2D eigenvalue weighted by Crippen LogP contribution is 2.16. The maximum atomic E-state index is 11.5. The Bertz CT molecular complexity index is 324. The van der Waals surface area contributed by atoms with Gasteiger partial charge in [0.15, 0.2) is 0 Å². The van der Waals surface area contributed by atoms with Gasteiger partial charge < -0.3 is 15.0 Å². The van der Waals surface area contributed by atoms with E-state index in [-0.39, 0.29) is 17.2 Å². The maximum absolute atomic E-state index is 11.5. The van der Waals surface area contributed by atoms with Crippen LogP contribution in [-0.4, -0.2) is 48.5 Å². The Labute approximate surface area is 120 Å². The number of amides is 2. The number of carbonyl (C=O) groups is 2. The maximum Gasteiger partial charge on any atom is 0.407 e. The quantitative estimate of drug-likeness (QED) is 0.791. The zero-order chi connectivity index (χ0) is 15.3. The van der Waals surface area contributed by atoms with Gasteiger partial charge >= 0.3 is 6.09 Å². The molecule has 0 atom stereocenters. The smallest absolute Gasteiger partial charge is 0.407 e. The van der Waals surface area contributed by atoms with E-state index >= 15 is 0 Å². The van der Waals surface area contributed by atoms with Gasteiger partial charge in [-0.1, -0.05) is 13.8 Å². The molecule has 0 spiro atoms. The number of alkyl halides is 1. The number of ether oxygens (including phenoxy) is 1. The molecule has 0 heterocycles. The summed E-state index contributed by atoms with van der Waals surface area (Å²) < 4.78 is 5.16. The van der Waals surface area contributed by atoms with Crippen molar-refractivity contribution in [2.45, 2.75) is 40.2 Å². The molecular weight excluding hydrogens is 268 g/mol. The summed E-state index contributed by atoms with van der Waals surface area (Å²) in [6.45, 7) is 10.3. The zero-order valence-electron chi connectivity index (χ0n) is 12.7. The molecule has 0 aliphatic heterocycles. The van der Waals surface area contributed by atoms with Crippen LogP contribution < -0.4 is 5.32 Å². The molecular formula is C13H25ClN2O3. The lowest BCUT2D eigenvalue weighted by Crippen LogP contribution is -2.44. The molecule has 0 bridgehead atoms. The van der Waals surface area contributed by atoms with Crippen molar-refractivity contribution in [1.82, 2.24) is 10.2 Å². The van der Waals surface area contributed by atoms with Gasteiger partial charge in [0.2, 0.25) is 5.91 Å². The van der Waals surface area contributed by atoms with Gasteiger partial charge in [-0.25, -0.2) is 4.79 Å². The van der Waals surface area contributed by atoms with Crippen molar-refractivity contribution in [2.75, 3.05) is 26.0 Å². The van der Waals surface area contributed by atoms with Crippen molar-refractivity contribution in [3.8, 4) is 0 Å². The third-order valence-electron chi connectivity index (χ3n) is 2.32. The Kier molecular flexibility index (Phi) is 6.63. The molecule has 0 saturated carbocycles. The Balaban J connectivity index is 4.23. The van der Waals surface area contributed by atoms with Crippen molar-refractivity contribution in [1.29, 1.82) is 0 Å². The van der Waals surface area contributed by atoms with Crippen LogP contribution in [0.2, 0.25) is 0 Å². The fourth-order valence-electron chi connectivity index (χ4n) is 1.51. The van der Waals surface area contributed by atoms with E-state index < -0.39 is 11.7 Å². The standard InChI is InChI=1S/C13H25ClN2O3/c1-12(2,3)19-11(18)15-8-13(4,5)9-16(6)10(17)7-14/h7-9H2,1-6H3,(H,15,18). The average Bonchev–Trinajstić information content (AvgIpc) is 2.22. The van der Waals surface area contributed by atoms with E-state index in [1.807, 2.05) is 34.6 Å². The van der Waals surface area contributed by atoms with Gasteiger partial charge in [-0.15, -0.1) is 11.6 Å². The van der Waals surface area contributed by atoms with Gasteiger partial charge in [-0.05, 0) is 26.2 Å². The van der Waals surface area contributed by atoms with Crippen molar-refractivity contribution in [3.63, 3.8) is 0 Å². The molecule has 0 aliphatic rings. The highest BCUT2D eigenvalue weighted by Gasteiger charge is 2.24. The molecule has 0 aromatic rings. The first-order valence-electron chi connectivity index (χ1n) is 6.24. The van der Waals surface area contributed by atoms with Gasteiger partial charge in [0.1, 0.15) is 11.5 Å². The Morgan fingerprint density at radius 3 is 2.16 bits per heavy atom. The number of hydrogen-bond donors (Lipinski definition) is 1. The first-order chi connectivity index (χ1) is 8.47. The number of alkyl carbamates (subject to hydrolysis) is 1. The van der Waals surface area contributed by atoms with Gasteiger partial charge in [0, 0.05) is 20.1 Å². The molecule has 1 N–H and O–H groups in total. The molecule has 0 aromatic heterocycles. The fraction of sp³-hybridized carbons (Fsp3) is 0.846. The average molecular weight is 293 g/mol. The molecule has 112 valence electrons. The molecule has 19 heavy (non-hydrogen) atoms. The fourth-order valence-corrected chi connectivity index (χ4v) is 1.72. The zero-order valence-corrected chi connectivity index (χ0v) is 13.4. The van der Waals surface area contributed by atoms with Crippen LogP contribution in [0.15, 0.2) is 0 Å². The van der Waals surface area contributed by atoms with Gasteiger partial charge in [0.25, 0.3) is 0 Å². The molecule has 0 aromatic carbocycles. The van der Waals surface area contributed by atoms with E-state index in [2.05, 4.69) is 5.32 Å². The van der Waals surface area contributed by atoms with E-state index in [9.17, 15) is 9.59 Å². The molecule has 0 radical (unpaired) electrons. The van der Waals surface area contributed by atoms with Crippen LogP contribution in [0.5, 0.6) is 0 Å². The minimum Gasteiger partial charge on any atom is -0.444 e. The van der Waals surface area contributed by atoms with E-state index in [0.29, 0.717) is 13.1 Å². The number of nitrogens with zero attached hydrogens (tertiary/aromatic N) is 1. The van der Waals surface area contributed by atoms with Crippen LogP contribution in [0.25, 0.3) is 0 Å². The second-order valence-corrected chi connectivity index (χ2v) is 6.67. The largest absolute Gasteiger partial charge is 0.444 e. The van der Waals surface area contributed by atoms with E-state index in [4.69, 9.17) is 16.3 Å². The lowest BCUT2D eigenvalue weighted by molar-refractivity contribution is -0.128. The minimum atomic E-state index is -0.514. The Hall–Kier alpha value is -0.970. The lowest BCUT2D eigenvalue weighted by atomic mass is 9.93. The van der Waals surface area contributed by atoms with E-state index in [1.54, 1.807) is 11.9 Å². The molecule has 0 rings (SSSR count). The number of hydrogen-bond acceptors (Lipinski definition) is 3. The summed E-state index contributed by atoms with van der Waals surface area (Å²) in [6, 6.07) is 0. The number of carbonyl (C=O) groups excluding carboxylic acids is 2. The monoisotopic (exact) mass is 292 g/mol. The first-order valence-corrected chi connectivity index (χ1v) is 6.77. The summed E-state index contributed by atoms with van der Waals surface area (Å²) in [6.07, 6.45) is -0.452.